The Bertz CT molecular complexity index is 1490. The second kappa shape index (κ2) is 13.7. The topological polar surface area (TPSA) is 151 Å². The molecule has 12 nitrogen and oxygen atoms in total. The van der Waals surface area contributed by atoms with Crippen LogP contribution in [-0.4, -0.2) is 68.6 Å². The van der Waals surface area contributed by atoms with Gasteiger partial charge in [-0.15, -0.1) is 0 Å². The lowest BCUT2D eigenvalue weighted by molar-refractivity contribution is -0.125. The molecule has 13 heteroatoms. The third-order valence-corrected chi connectivity index (χ3v) is 6.77. The second-order valence-electron chi connectivity index (χ2n) is 9.79. The van der Waals surface area contributed by atoms with Gasteiger partial charge in [0.1, 0.15) is 17.7 Å². The van der Waals surface area contributed by atoms with Crippen molar-refractivity contribution >= 4 is 34.8 Å². The number of alkyl carbamates (subject to hydrolysis) is 1. The minimum Gasteiger partial charge on any atom is -0.453 e. The average molecular weight is 568 g/mol. The molecule has 0 radical (unpaired) electrons. The first-order valence-corrected chi connectivity index (χ1v) is 13.6. The standard InChI is InChI=1S/C28H34FN7O5/c1-3-8-18-15-19(29)16-21-24(18)33-22(31-21)17-36-14-11-30-25(27(36)39)34-26(38)20(32-28(40)41-2)9-4-5-10-23(37)35-12-6-7-13-35/h5,10-11,14-16,20H,3-4,6-9,12-13,17H2,1-2H3,(H,31,33)(H,32,40)(H,30,34,38)/b10-5+/t20-/m0/s1. The zero-order valence-corrected chi connectivity index (χ0v) is 23.1. The number of carbonyl (C=O) groups excluding carboxylic acids is 3. The van der Waals surface area contributed by atoms with Crippen molar-refractivity contribution in [3.05, 3.63) is 64.2 Å². The minimum absolute atomic E-state index is 0.0335. The normalized spacial score (nSPS) is 14.0. The third kappa shape index (κ3) is 7.56. The number of hydrogen-bond donors (Lipinski definition) is 3. The van der Waals surface area contributed by atoms with E-state index < -0.39 is 23.6 Å². The Morgan fingerprint density at radius 3 is 2.76 bits per heavy atom. The van der Waals surface area contributed by atoms with Crippen molar-refractivity contribution in [2.24, 2.45) is 0 Å². The van der Waals surface area contributed by atoms with Gasteiger partial charge >= 0.3 is 6.09 Å². The summed E-state index contributed by atoms with van der Waals surface area (Å²) in [4.78, 5) is 63.6. The Morgan fingerprint density at radius 1 is 1.24 bits per heavy atom. The quantitative estimate of drug-likeness (QED) is 0.301. The van der Waals surface area contributed by atoms with E-state index in [0.29, 0.717) is 29.7 Å². The Hall–Kier alpha value is -4.55. The van der Waals surface area contributed by atoms with E-state index >= 15 is 0 Å². The van der Waals surface area contributed by atoms with Crippen LogP contribution in [0.3, 0.4) is 0 Å². The number of anilines is 1. The van der Waals surface area contributed by atoms with Crippen LogP contribution >= 0.6 is 0 Å². The van der Waals surface area contributed by atoms with Crippen LogP contribution in [0.2, 0.25) is 0 Å². The molecule has 0 unspecified atom stereocenters. The molecule has 1 saturated heterocycles. The first-order valence-electron chi connectivity index (χ1n) is 13.6. The Labute approximate surface area is 236 Å². The number of aromatic amines is 1. The molecule has 0 aliphatic carbocycles. The van der Waals surface area contributed by atoms with E-state index in [1.807, 2.05) is 6.92 Å². The molecular weight excluding hydrogens is 533 g/mol. The number of ether oxygens (including phenoxy) is 1. The van der Waals surface area contributed by atoms with E-state index in [0.717, 1.165) is 37.9 Å². The zero-order valence-electron chi connectivity index (χ0n) is 23.1. The molecule has 1 aromatic carbocycles. The number of imidazole rings is 1. The predicted octanol–water partition coefficient (Wildman–Crippen LogP) is 2.88. The molecule has 3 N–H and O–H groups in total. The molecule has 2 aromatic heterocycles. The highest BCUT2D eigenvalue weighted by Crippen LogP contribution is 2.20. The molecule has 3 aromatic rings. The average Bonchev–Trinajstić information content (AvgIpc) is 3.63. The molecule has 1 atom stereocenters. The Morgan fingerprint density at radius 2 is 2.02 bits per heavy atom. The van der Waals surface area contributed by atoms with Crippen LogP contribution in [0.4, 0.5) is 15.0 Å². The van der Waals surface area contributed by atoms with Gasteiger partial charge in [-0.1, -0.05) is 19.4 Å². The van der Waals surface area contributed by atoms with Gasteiger partial charge in [-0.25, -0.2) is 19.2 Å². The fraction of sp³-hybridized carbons (Fsp3) is 0.429. The van der Waals surface area contributed by atoms with E-state index in [1.165, 1.54) is 42.3 Å². The minimum atomic E-state index is -1.05. The number of hydrogen-bond acceptors (Lipinski definition) is 7. The summed E-state index contributed by atoms with van der Waals surface area (Å²) in [5.74, 6) is -0.919. The lowest BCUT2D eigenvalue weighted by Crippen LogP contribution is -2.44. The van der Waals surface area contributed by atoms with Crippen molar-refractivity contribution in [2.75, 3.05) is 25.5 Å². The molecular formula is C28H34FN7O5. The van der Waals surface area contributed by atoms with Crippen molar-refractivity contribution in [2.45, 2.75) is 58.0 Å². The summed E-state index contributed by atoms with van der Waals surface area (Å²) in [5.41, 5.74) is 1.37. The molecule has 3 heterocycles. The van der Waals surface area contributed by atoms with Crippen molar-refractivity contribution in [1.29, 1.82) is 0 Å². The smallest absolute Gasteiger partial charge is 0.407 e. The van der Waals surface area contributed by atoms with Gasteiger partial charge in [0.2, 0.25) is 11.8 Å². The van der Waals surface area contributed by atoms with E-state index in [9.17, 15) is 23.6 Å². The number of halogens is 1. The number of rotatable bonds is 11. The van der Waals surface area contributed by atoms with Crippen molar-refractivity contribution in [3.8, 4) is 0 Å². The number of amides is 3. The van der Waals surface area contributed by atoms with Crippen molar-refractivity contribution in [1.82, 2.24) is 29.7 Å². The molecule has 3 amide bonds. The number of aromatic nitrogens is 4. The zero-order chi connectivity index (χ0) is 29.4. The van der Waals surface area contributed by atoms with Crippen LogP contribution in [0.15, 0.2) is 41.5 Å². The number of carbonyl (C=O) groups is 3. The second-order valence-corrected chi connectivity index (χ2v) is 9.79. The van der Waals surface area contributed by atoms with Gasteiger partial charge in [0.15, 0.2) is 5.82 Å². The summed E-state index contributed by atoms with van der Waals surface area (Å²) >= 11 is 0. The first-order chi connectivity index (χ1) is 19.8. The molecule has 0 saturated carbocycles. The fourth-order valence-electron chi connectivity index (χ4n) is 4.72. The van der Waals surface area contributed by atoms with E-state index in [-0.39, 0.29) is 30.5 Å². The van der Waals surface area contributed by atoms with E-state index in [4.69, 9.17) is 0 Å². The largest absolute Gasteiger partial charge is 0.453 e. The summed E-state index contributed by atoms with van der Waals surface area (Å²) in [6.07, 6.45) is 9.04. The van der Waals surface area contributed by atoms with Crippen LogP contribution in [0.25, 0.3) is 11.0 Å². The maximum Gasteiger partial charge on any atom is 0.407 e. The van der Waals surface area contributed by atoms with Gasteiger partial charge in [-0.05, 0) is 55.9 Å². The van der Waals surface area contributed by atoms with E-state index in [2.05, 4.69) is 30.3 Å². The summed E-state index contributed by atoms with van der Waals surface area (Å²) < 4.78 is 20.0. The van der Waals surface area contributed by atoms with Crippen molar-refractivity contribution < 1.29 is 23.5 Å². The van der Waals surface area contributed by atoms with E-state index in [1.54, 1.807) is 11.0 Å². The monoisotopic (exact) mass is 567 g/mol. The van der Waals surface area contributed by atoms with Crippen LogP contribution in [0.5, 0.6) is 0 Å². The maximum absolute atomic E-state index is 14.1. The molecule has 1 aliphatic rings. The van der Waals surface area contributed by atoms with Crippen LogP contribution in [-0.2, 0) is 27.3 Å². The van der Waals surface area contributed by atoms with Gasteiger partial charge in [0.25, 0.3) is 5.56 Å². The van der Waals surface area contributed by atoms with Gasteiger partial charge in [-0.2, -0.15) is 0 Å². The first kappa shape index (κ1) is 29.4. The lowest BCUT2D eigenvalue weighted by atomic mass is 10.1. The molecule has 41 heavy (non-hydrogen) atoms. The Balaban J connectivity index is 1.45. The highest BCUT2D eigenvalue weighted by molar-refractivity contribution is 5.95. The van der Waals surface area contributed by atoms with Gasteiger partial charge in [-0.3, -0.25) is 14.4 Å². The summed E-state index contributed by atoms with van der Waals surface area (Å²) in [7, 11) is 1.17. The number of H-pyrrole nitrogens is 1. The number of methoxy groups -OCH3 is 1. The lowest BCUT2D eigenvalue weighted by Gasteiger charge is -2.17. The number of nitrogens with zero attached hydrogens (tertiary/aromatic N) is 4. The number of likely N-dealkylation sites (tertiary alicyclic amines) is 1. The molecule has 218 valence electrons. The number of fused-ring (bicyclic) bond motifs is 1. The summed E-state index contributed by atoms with van der Waals surface area (Å²) in [5, 5.41) is 4.94. The molecule has 0 spiro atoms. The van der Waals surface area contributed by atoms with Gasteiger partial charge in [0.05, 0.1) is 24.7 Å². The number of nitrogens with one attached hydrogen (secondary N) is 3. The number of benzene rings is 1. The predicted molar refractivity (Wildman–Crippen MR) is 150 cm³/mol. The summed E-state index contributed by atoms with van der Waals surface area (Å²) in [6.45, 7) is 3.49. The third-order valence-electron chi connectivity index (χ3n) is 6.77. The summed E-state index contributed by atoms with van der Waals surface area (Å²) in [6, 6.07) is 1.77. The molecule has 1 aliphatic heterocycles. The number of aryl methyl sites for hydroxylation is 1. The Kier molecular flexibility index (Phi) is 9.82. The molecule has 0 bridgehead atoms. The van der Waals surface area contributed by atoms with Crippen LogP contribution in [0.1, 0.15) is 50.4 Å². The fourth-order valence-corrected chi connectivity index (χ4v) is 4.72. The van der Waals surface area contributed by atoms with Crippen LogP contribution < -0.4 is 16.2 Å². The van der Waals surface area contributed by atoms with Gasteiger partial charge < -0.3 is 29.8 Å². The van der Waals surface area contributed by atoms with Crippen LogP contribution in [0, 0.1) is 5.82 Å². The maximum atomic E-state index is 14.1. The molecule has 1 fully saturated rings. The molecule has 4 rings (SSSR count). The van der Waals surface area contributed by atoms with Gasteiger partial charge in [0, 0.05) is 25.5 Å². The highest BCUT2D eigenvalue weighted by Gasteiger charge is 2.23. The van der Waals surface area contributed by atoms with Crippen molar-refractivity contribution in [3.63, 3.8) is 0 Å². The number of allylic oxidation sites excluding steroid dienone is 1. The highest BCUT2D eigenvalue weighted by atomic mass is 19.1. The SMILES string of the molecule is CCCc1cc(F)cc2[nH]c(Cn3ccnc(NC(=O)[C@H](CC/C=C/C(=O)N4CCCC4)NC(=O)OC)c3=O)nc12.